The van der Waals surface area contributed by atoms with Gasteiger partial charge in [0.15, 0.2) is 0 Å². The predicted octanol–water partition coefficient (Wildman–Crippen LogP) is 4.41. The van der Waals surface area contributed by atoms with Crippen LogP contribution in [0.3, 0.4) is 0 Å². The lowest BCUT2D eigenvalue weighted by molar-refractivity contribution is 0.281. The molecule has 1 rings (SSSR count). The molecule has 15 heavy (non-hydrogen) atoms. The highest BCUT2D eigenvalue weighted by molar-refractivity contribution is 7.10. The average molecular weight is 246 g/mol. The molecular formula is C12H20ClNS. The lowest BCUT2D eigenvalue weighted by Gasteiger charge is -2.31. The monoisotopic (exact) mass is 245 g/mol. The van der Waals surface area contributed by atoms with Gasteiger partial charge in [-0.3, -0.25) is 0 Å². The number of aryl methyl sites for hydroxylation is 1. The molecule has 0 aliphatic rings. The van der Waals surface area contributed by atoms with Crippen LogP contribution < -0.4 is 5.32 Å². The van der Waals surface area contributed by atoms with E-state index in [2.05, 4.69) is 45.3 Å². The van der Waals surface area contributed by atoms with E-state index >= 15 is 0 Å². The van der Waals surface area contributed by atoms with E-state index in [0.29, 0.717) is 6.04 Å². The van der Waals surface area contributed by atoms with Crippen LogP contribution in [-0.4, -0.2) is 6.54 Å². The lowest BCUT2D eigenvalue weighted by atomic mass is 9.85. The smallest absolute Gasteiger partial charge is 0.0590 e. The second-order valence-corrected chi connectivity index (χ2v) is 6.24. The number of halogens is 1. The van der Waals surface area contributed by atoms with Gasteiger partial charge >= 0.3 is 0 Å². The van der Waals surface area contributed by atoms with Crippen LogP contribution in [0, 0.1) is 12.3 Å². The standard InChI is InChI=1S/C12H20ClNS/c1-6-14-11(12(3,4)5)10-9(13)8(2)7-15-10/h7,11,14H,6H2,1-5H3. The second-order valence-electron chi connectivity index (χ2n) is 4.95. The first-order valence-corrected chi connectivity index (χ1v) is 6.60. The fourth-order valence-corrected chi connectivity index (χ4v) is 3.26. The van der Waals surface area contributed by atoms with Crippen molar-refractivity contribution in [1.82, 2.24) is 5.32 Å². The van der Waals surface area contributed by atoms with Crippen LogP contribution in [0.25, 0.3) is 0 Å². The summed E-state index contributed by atoms with van der Waals surface area (Å²) in [4.78, 5) is 1.27. The van der Waals surface area contributed by atoms with Gasteiger partial charge in [0.05, 0.1) is 5.02 Å². The Morgan fingerprint density at radius 2 is 2.07 bits per heavy atom. The highest BCUT2D eigenvalue weighted by atomic mass is 35.5. The second kappa shape index (κ2) is 4.86. The van der Waals surface area contributed by atoms with Crippen LogP contribution in [0.5, 0.6) is 0 Å². The van der Waals surface area contributed by atoms with E-state index in [-0.39, 0.29) is 5.41 Å². The molecule has 0 saturated carbocycles. The number of thiophene rings is 1. The Labute approximate surface area is 102 Å². The number of nitrogens with one attached hydrogen (secondary N) is 1. The molecule has 0 aliphatic carbocycles. The summed E-state index contributed by atoms with van der Waals surface area (Å²) in [6.45, 7) is 11.9. The van der Waals surface area contributed by atoms with Gasteiger partial charge in [-0.05, 0) is 29.8 Å². The van der Waals surface area contributed by atoms with E-state index < -0.39 is 0 Å². The molecule has 1 unspecified atom stereocenters. The largest absolute Gasteiger partial charge is 0.309 e. The summed E-state index contributed by atoms with van der Waals surface area (Å²) >= 11 is 8.07. The van der Waals surface area contributed by atoms with Gasteiger partial charge in [0.25, 0.3) is 0 Å². The van der Waals surface area contributed by atoms with Crippen LogP contribution >= 0.6 is 22.9 Å². The molecule has 0 amide bonds. The third-order valence-electron chi connectivity index (χ3n) is 2.46. The van der Waals surface area contributed by atoms with Crippen molar-refractivity contribution < 1.29 is 0 Å². The zero-order chi connectivity index (χ0) is 11.6. The molecule has 1 aromatic rings. The van der Waals surface area contributed by atoms with E-state index in [1.54, 1.807) is 11.3 Å². The molecule has 86 valence electrons. The third-order valence-corrected chi connectivity index (χ3v) is 4.24. The summed E-state index contributed by atoms with van der Waals surface area (Å²) in [5.41, 5.74) is 1.38. The van der Waals surface area contributed by atoms with E-state index in [4.69, 9.17) is 11.6 Å². The molecule has 0 bridgehead atoms. The highest BCUT2D eigenvalue weighted by Crippen LogP contribution is 2.40. The first kappa shape index (κ1) is 13.0. The zero-order valence-corrected chi connectivity index (χ0v) is 11.7. The first-order valence-electron chi connectivity index (χ1n) is 5.34. The highest BCUT2D eigenvalue weighted by Gasteiger charge is 2.28. The van der Waals surface area contributed by atoms with Crippen molar-refractivity contribution in [3.8, 4) is 0 Å². The molecule has 1 atom stereocenters. The van der Waals surface area contributed by atoms with Crippen LogP contribution in [0.15, 0.2) is 5.38 Å². The summed E-state index contributed by atoms with van der Waals surface area (Å²) in [5, 5.41) is 6.58. The molecule has 0 radical (unpaired) electrons. The van der Waals surface area contributed by atoms with Crippen molar-refractivity contribution in [3.63, 3.8) is 0 Å². The molecule has 1 heterocycles. The molecule has 1 aromatic heterocycles. The lowest BCUT2D eigenvalue weighted by Crippen LogP contribution is -2.31. The van der Waals surface area contributed by atoms with Crippen molar-refractivity contribution >= 4 is 22.9 Å². The Kier molecular flexibility index (Phi) is 4.21. The first-order chi connectivity index (χ1) is 6.88. The maximum Gasteiger partial charge on any atom is 0.0590 e. The molecule has 0 spiro atoms. The normalized spacial score (nSPS) is 14.3. The number of hydrogen-bond donors (Lipinski definition) is 1. The maximum absolute atomic E-state index is 6.32. The minimum absolute atomic E-state index is 0.191. The van der Waals surface area contributed by atoms with Crippen LogP contribution in [0.2, 0.25) is 5.02 Å². The number of hydrogen-bond acceptors (Lipinski definition) is 2. The van der Waals surface area contributed by atoms with Gasteiger partial charge in [-0.1, -0.05) is 39.3 Å². The van der Waals surface area contributed by atoms with E-state index in [1.165, 1.54) is 10.4 Å². The Bertz CT molecular complexity index is 325. The third kappa shape index (κ3) is 2.96. The average Bonchev–Trinajstić information content (AvgIpc) is 2.43. The van der Waals surface area contributed by atoms with Gasteiger partial charge in [-0.25, -0.2) is 0 Å². The van der Waals surface area contributed by atoms with Gasteiger partial charge in [0, 0.05) is 10.9 Å². The quantitative estimate of drug-likeness (QED) is 0.832. The summed E-state index contributed by atoms with van der Waals surface area (Å²) in [6, 6.07) is 0.341. The fraction of sp³-hybridized carbons (Fsp3) is 0.667. The van der Waals surface area contributed by atoms with E-state index in [9.17, 15) is 0 Å². The molecule has 0 aromatic carbocycles. The molecule has 0 aliphatic heterocycles. The zero-order valence-electron chi connectivity index (χ0n) is 10.1. The summed E-state index contributed by atoms with van der Waals surface area (Å²) < 4.78 is 0. The Balaban J connectivity index is 3.05. The van der Waals surface area contributed by atoms with Crippen molar-refractivity contribution in [2.45, 2.75) is 40.7 Å². The Morgan fingerprint density at radius 3 is 2.40 bits per heavy atom. The van der Waals surface area contributed by atoms with Gasteiger partial charge < -0.3 is 5.32 Å². The van der Waals surface area contributed by atoms with Crippen LogP contribution in [0.1, 0.15) is 44.2 Å². The van der Waals surface area contributed by atoms with Crippen LogP contribution in [-0.2, 0) is 0 Å². The van der Waals surface area contributed by atoms with E-state index in [1.807, 2.05) is 0 Å². The molecule has 1 nitrogen and oxygen atoms in total. The SMILES string of the molecule is CCNC(c1scc(C)c1Cl)C(C)(C)C. The molecule has 1 N–H and O–H groups in total. The Hall–Kier alpha value is -0.0500. The minimum atomic E-state index is 0.191. The molecule has 0 saturated heterocycles. The van der Waals surface area contributed by atoms with Crippen molar-refractivity contribution in [2.75, 3.05) is 6.54 Å². The topological polar surface area (TPSA) is 12.0 Å². The molecule has 0 fully saturated rings. The Morgan fingerprint density at radius 1 is 1.47 bits per heavy atom. The molecular weight excluding hydrogens is 226 g/mol. The van der Waals surface area contributed by atoms with Gasteiger partial charge in [-0.15, -0.1) is 11.3 Å². The molecule has 3 heteroatoms. The summed E-state index contributed by atoms with van der Waals surface area (Å²) in [5.74, 6) is 0. The minimum Gasteiger partial charge on any atom is -0.309 e. The van der Waals surface area contributed by atoms with Crippen molar-refractivity contribution in [1.29, 1.82) is 0 Å². The number of rotatable bonds is 3. The van der Waals surface area contributed by atoms with Gasteiger partial charge in [0.2, 0.25) is 0 Å². The predicted molar refractivity (Wildman–Crippen MR) is 69.9 cm³/mol. The van der Waals surface area contributed by atoms with Gasteiger partial charge in [-0.2, -0.15) is 0 Å². The fourth-order valence-electron chi connectivity index (χ4n) is 1.64. The van der Waals surface area contributed by atoms with E-state index in [0.717, 1.165) is 11.6 Å². The summed E-state index contributed by atoms with van der Waals surface area (Å²) in [6.07, 6.45) is 0. The summed E-state index contributed by atoms with van der Waals surface area (Å²) in [7, 11) is 0. The van der Waals surface area contributed by atoms with Crippen molar-refractivity contribution in [2.24, 2.45) is 5.41 Å². The van der Waals surface area contributed by atoms with Gasteiger partial charge in [0.1, 0.15) is 0 Å². The van der Waals surface area contributed by atoms with Crippen molar-refractivity contribution in [3.05, 3.63) is 20.8 Å². The van der Waals surface area contributed by atoms with Crippen LogP contribution in [0.4, 0.5) is 0 Å². The maximum atomic E-state index is 6.32.